The summed E-state index contributed by atoms with van der Waals surface area (Å²) in [5.74, 6) is 0.776. The molecule has 2 heterocycles. The molecular formula is C18H17N3O6. The third-order valence-corrected chi connectivity index (χ3v) is 3.75. The molecule has 0 saturated carbocycles. The number of benzene rings is 1. The Bertz CT molecular complexity index is 975. The lowest BCUT2D eigenvalue weighted by Crippen LogP contribution is -2.05. The van der Waals surface area contributed by atoms with Crippen molar-refractivity contribution >= 4 is 11.8 Å². The van der Waals surface area contributed by atoms with Gasteiger partial charge in [-0.3, -0.25) is 4.79 Å². The third-order valence-electron chi connectivity index (χ3n) is 3.75. The van der Waals surface area contributed by atoms with Crippen LogP contribution in [-0.2, 0) is 11.3 Å². The van der Waals surface area contributed by atoms with Crippen molar-refractivity contribution in [3.63, 3.8) is 0 Å². The Morgan fingerprint density at radius 1 is 1.15 bits per heavy atom. The number of carbonyl (C=O) groups excluding carboxylic acids is 2. The molecule has 0 aliphatic carbocycles. The van der Waals surface area contributed by atoms with Crippen molar-refractivity contribution in [2.75, 3.05) is 14.2 Å². The number of esters is 1. The van der Waals surface area contributed by atoms with Gasteiger partial charge in [0.1, 0.15) is 5.69 Å². The number of aromatic nitrogens is 3. The van der Waals surface area contributed by atoms with Crippen LogP contribution >= 0.6 is 0 Å². The van der Waals surface area contributed by atoms with Crippen LogP contribution < -0.4 is 9.47 Å². The van der Waals surface area contributed by atoms with Gasteiger partial charge in [-0.15, -0.1) is 0 Å². The van der Waals surface area contributed by atoms with Gasteiger partial charge in [0, 0.05) is 17.3 Å². The highest BCUT2D eigenvalue weighted by Gasteiger charge is 2.16. The standard InChI is InChI=1S/C18H17N3O6/c1-10(22)12-6-13(19-8-12)18(23)26-9-16-20-17(21-27-16)11-4-5-14(24-2)15(7-11)25-3/h4-8,19H,9H2,1-3H3. The van der Waals surface area contributed by atoms with E-state index in [9.17, 15) is 9.59 Å². The molecule has 0 aliphatic heterocycles. The van der Waals surface area contributed by atoms with Crippen LogP contribution in [0.4, 0.5) is 0 Å². The molecule has 27 heavy (non-hydrogen) atoms. The fraction of sp³-hybridized carbons (Fsp3) is 0.222. The molecule has 0 saturated heterocycles. The van der Waals surface area contributed by atoms with Gasteiger partial charge in [0.05, 0.1) is 14.2 Å². The normalized spacial score (nSPS) is 10.5. The molecule has 0 spiro atoms. The van der Waals surface area contributed by atoms with Crippen LogP contribution in [0.25, 0.3) is 11.4 Å². The van der Waals surface area contributed by atoms with E-state index in [0.29, 0.717) is 28.5 Å². The van der Waals surface area contributed by atoms with Gasteiger partial charge in [-0.1, -0.05) is 5.16 Å². The zero-order valence-electron chi connectivity index (χ0n) is 14.9. The number of nitrogens with one attached hydrogen (secondary N) is 1. The van der Waals surface area contributed by atoms with Crippen molar-refractivity contribution in [1.82, 2.24) is 15.1 Å². The summed E-state index contributed by atoms with van der Waals surface area (Å²) in [7, 11) is 3.07. The molecule has 0 aliphatic rings. The monoisotopic (exact) mass is 371 g/mol. The highest BCUT2D eigenvalue weighted by molar-refractivity contribution is 5.97. The van der Waals surface area contributed by atoms with E-state index >= 15 is 0 Å². The van der Waals surface area contributed by atoms with E-state index in [1.54, 1.807) is 25.3 Å². The van der Waals surface area contributed by atoms with Crippen LogP contribution in [0, 0.1) is 0 Å². The van der Waals surface area contributed by atoms with Gasteiger partial charge in [-0.2, -0.15) is 4.98 Å². The van der Waals surface area contributed by atoms with Crippen LogP contribution in [0.1, 0.15) is 33.7 Å². The smallest absolute Gasteiger partial charge is 0.355 e. The van der Waals surface area contributed by atoms with Crippen molar-refractivity contribution < 1.29 is 28.3 Å². The lowest BCUT2D eigenvalue weighted by molar-refractivity contribution is 0.0423. The Kier molecular flexibility index (Phi) is 5.20. The molecule has 0 unspecified atom stereocenters. The summed E-state index contributed by atoms with van der Waals surface area (Å²) in [5, 5.41) is 3.87. The second-order valence-corrected chi connectivity index (χ2v) is 5.52. The number of hydrogen-bond donors (Lipinski definition) is 1. The number of rotatable bonds is 7. The molecule has 0 atom stereocenters. The first kappa shape index (κ1) is 18.2. The number of carbonyl (C=O) groups is 2. The minimum Gasteiger partial charge on any atom is -0.493 e. The van der Waals surface area contributed by atoms with Crippen LogP contribution in [0.2, 0.25) is 0 Å². The van der Waals surface area contributed by atoms with E-state index in [2.05, 4.69) is 15.1 Å². The van der Waals surface area contributed by atoms with Crippen LogP contribution in [0.3, 0.4) is 0 Å². The molecule has 0 bridgehead atoms. The fourth-order valence-corrected chi connectivity index (χ4v) is 2.33. The van der Waals surface area contributed by atoms with Gasteiger partial charge in [0.2, 0.25) is 5.82 Å². The highest BCUT2D eigenvalue weighted by Crippen LogP contribution is 2.31. The summed E-state index contributed by atoms with van der Waals surface area (Å²) in [6.07, 6.45) is 1.45. The van der Waals surface area contributed by atoms with Gasteiger partial charge in [0.25, 0.3) is 5.89 Å². The molecule has 0 fully saturated rings. The summed E-state index contributed by atoms with van der Waals surface area (Å²) in [5.41, 5.74) is 1.22. The molecule has 9 heteroatoms. The topological polar surface area (TPSA) is 117 Å². The van der Waals surface area contributed by atoms with Crippen LogP contribution in [0.15, 0.2) is 35.0 Å². The average molecular weight is 371 g/mol. The first-order chi connectivity index (χ1) is 13.0. The summed E-state index contributed by atoms with van der Waals surface area (Å²) < 4.78 is 20.6. The number of ether oxygens (including phenoxy) is 3. The molecule has 2 aromatic heterocycles. The Labute approximate surface area is 154 Å². The van der Waals surface area contributed by atoms with E-state index in [0.717, 1.165) is 0 Å². The van der Waals surface area contributed by atoms with Crippen LogP contribution in [0.5, 0.6) is 11.5 Å². The number of hydrogen-bond acceptors (Lipinski definition) is 8. The third kappa shape index (κ3) is 3.97. The zero-order chi connectivity index (χ0) is 19.4. The molecule has 1 N–H and O–H groups in total. The number of nitrogens with zero attached hydrogens (tertiary/aromatic N) is 2. The molecule has 1 aromatic carbocycles. The van der Waals surface area contributed by atoms with E-state index in [1.165, 1.54) is 26.3 Å². The van der Waals surface area contributed by atoms with Gasteiger partial charge in [0.15, 0.2) is 23.9 Å². The lowest BCUT2D eigenvalue weighted by atomic mass is 10.2. The molecule has 140 valence electrons. The lowest BCUT2D eigenvalue weighted by Gasteiger charge is -2.07. The quantitative estimate of drug-likeness (QED) is 0.498. The predicted molar refractivity (Wildman–Crippen MR) is 92.8 cm³/mol. The van der Waals surface area contributed by atoms with Gasteiger partial charge in [-0.05, 0) is 31.2 Å². The first-order valence-corrected chi connectivity index (χ1v) is 7.93. The molecule has 0 radical (unpaired) electrons. The summed E-state index contributed by atoms with van der Waals surface area (Å²) >= 11 is 0. The van der Waals surface area contributed by atoms with E-state index in [1.807, 2.05) is 0 Å². The Hall–Kier alpha value is -3.62. The maximum atomic E-state index is 12.0. The zero-order valence-corrected chi connectivity index (χ0v) is 14.9. The number of methoxy groups -OCH3 is 2. The Balaban J connectivity index is 1.67. The van der Waals surface area contributed by atoms with E-state index < -0.39 is 5.97 Å². The second-order valence-electron chi connectivity index (χ2n) is 5.52. The van der Waals surface area contributed by atoms with Gasteiger partial charge in [-0.25, -0.2) is 4.79 Å². The number of ketones is 1. The second kappa shape index (κ2) is 7.73. The van der Waals surface area contributed by atoms with Crippen LogP contribution in [-0.4, -0.2) is 41.1 Å². The number of Topliss-reactive ketones (excluding diaryl/α,β-unsaturated/α-hetero) is 1. The van der Waals surface area contributed by atoms with Crippen molar-refractivity contribution in [2.45, 2.75) is 13.5 Å². The molecule has 3 aromatic rings. The average Bonchev–Trinajstić information content (AvgIpc) is 3.35. The molecule has 0 amide bonds. The van der Waals surface area contributed by atoms with E-state index in [-0.39, 0.29) is 24.0 Å². The molecular weight excluding hydrogens is 354 g/mol. The van der Waals surface area contributed by atoms with E-state index in [4.69, 9.17) is 18.7 Å². The molecule has 3 rings (SSSR count). The van der Waals surface area contributed by atoms with Gasteiger partial charge < -0.3 is 23.7 Å². The first-order valence-electron chi connectivity index (χ1n) is 7.93. The maximum Gasteiger partial charge on any atom is 0.355 e. The summed E-state index contributed by atoms with van der Waals surface area (Å²) in [6, 6.07) is 6.61. The van der Waals surface area contributed by atoms with Crippen molar-refractivity contribution in [1.29, 1.82) is 0 Å². The highest BCUT2D eigenvalue weighted by atomic mass is 16.6. The number of aromatic amines is 1. The Morgan fingerprint density at radius 2 is 1.93 bits per heavy atom. The SMILES string of the molecule is COc1ccc(-c2noc(COC(=O)c3cc(C(C)=O)c[nH]3)n2)cc1OC. The minimum atomic E-state index is -0.631. The predicted octanol–water partition coefficient (Wildman–Crippen LogP) is 2.64. The summed E-state index contributed by atoms with van der Waals surface area (Å²) in [6.45, 7) is 1.21. The van der Waals surface area contributed by atoms with Crippen molar-refractivity contribution in [2.24, 2.45) is 0 Å². The maximum absolute atomic E-state index is 12.0. The largest absolute Gasteiger partial charge is 0.493 e. The van der Waals surface area contributed by atoms with Gasteiger partial charge >= 0.3 is 5.97 Å². The number of H-pyrrole nitrogens is 1. The van der Waals surface area contributed by atoms with Crippen molar-refractivity contribution in [3.8, 4) is 22.9 Å². The summed E-state index contributed by atoms with van der Waals surface area (Å²) in [4.78, 5) is 30.1. The van der Waals surface area contributed by atoms with Crippen molar-refractivity contribution in [3.05, 3.63) is 47.6 Å². The fourth-order valence-electron chi connectivity index (χ4n) is 2.33. The minimum absolute atomic E-state index is 0.131. The molecule has 9 nitrogen and oxygen atoms in total. The Morgan fingerprint density at radius 3 is 2.59 bits per heavy atom.